The second-order valence-electron chi connectivity index (χ2n) is 7.59. The van der Waals surface area contributed by atoms with Gasteiger partial charge in [-0.05, 0) is 49.1 Å². The molecule has 0 bridgehead atoms. The average Bonchev–Trinajstić information content (AvgIpc) is 2.75. The van der Waals surface area contributed by atoms with E-state index in [4.69, 9.17) is 4.74 Å². The fourth-order valence-electron chi connectivity index (χ4n) is 3.18. The molecule has 160 valence electrons. The maximum Gasteiger partial charge on any atom is 0.165 e. The Bertz CT molecular complexity index is 676. The van der Waals surface area contributed by atoms with E-state index in [9.17, 15) is 8.78 Å². The summed E-state index contributed by atoms with van der Waals surface area (Å²) in [5.74, 6) is 1.16. The van der Waals surface area contributed by atoms with Crippen molar-refractivity contribution in [3.05, 3.63) is 42.2 Å². The fraction of sp³-hybridized carbons (Fsp3) is 0.583. The number of benzene rings is 1. The fourth-order valence-corrected chi connectivity index (χ4v) is 3.18. The topological polar surface area (TPSA) is 35.0 Å². The van der Waals surface area contributed by atoms with E-state index >= 15 is 0 Å². The minimum absolute atomic E-state index is 0.218. The Morgan fingerprint density at radius 1 is 0.828 bits per heavy atom. The van der Waals surface area contributed by atoms with Crippen LogP contribution in [0, 0.1) is 0 Å². The number of hydrogen-bond donors (Lipinski definition) is 0. The van der Waals surface area contributed by atoms with Crippen LogP contribution in [-0.2, 0) is 6.42 Å². The minimum atomic E-state index is -1.60. The molecule has 0 saturated carbocycles. The van der Waals surface area contributed by atoms with Crippen LogP contribution in [0.1, 0.15) is 70.8 Å². The van der Waals surface area contributed by atoms with Gasteiger partial charge in [-0.15, -0.1) is 0 Å². The van der Waals surface area contributed by atoms with Crippen molar-refractivity contribution in [2.24, 2.45) is 0 Å². The molecule has 5 heteroatoms. The summed E-state index contributed by atoms with van der Waals surface area (Å²) in [6.45, 7) is 3.79. The number of hydrogen-bond acceptors (Lipinski definition) is 3. The molecule has 2 atom stereocenters. The number of halogens is 2. The second kappa shape index (κ2) is 13.2. The molecule has 1 heterocycles. The van der Waals surface area contributed by atoms with E-state index in [0.29, 0.717) is 18.0 Å². The van der Waals surface area contributed by atoms with Crippen LogP contribution in [0.3, 0.4) is 0 Å². The Balaban J connectivity index is 1.79. The van der Waals surface area contributed by atoms with Gasteiger partial charge in [-0.2, -0.15) is 0 Å². The molecule has 1 aromatic carbocycles. The van der Waals surface area contributed by atoms with Crippen molar-refractivity contribution in [2.75, 3.05) is 6.61 Å². The molecule has 0 radical (unpaired) electrons. The van der Waals surface area contributed by atoms with E-state index in [2.05, 4.69) is 16.9 Å². The Morgan fingerprint density at radius 3 is 2.14 bits per heavy atom. The lowest BCUT2D eigenvalue weighted by molar-refractivity contribution is 0.103. The van der Waals surface area contributed by atoms with E-state index in [1.165, 1.54) is 38.5 Å². The lowest BCUT2D eigenvalue weighted by Gasteiger charge is -2.14. The van der Waals surface area contributed by atoms with Gasteiger partial charge in [0.25, 0.3) is 0 Å². The first-order valence-corrected chi connectivity index (χ1v) is 11.0. The summed E-state index contributed by atoms with van der Waals surface area (Å²) in [7, 11) is 0. The zero-order chi connectivity index (χ0) is 20.9. The van der Waals surface area contributed by atoms with E-state index in [1.807, 2.05) is 31.5 Å². The summed E-state index contributed by atoms with van der Waals surface area (Å²) in [6, 6.07) is 7.15. The standard InChI is InChI=1S/C24H34F2N2O/c1-3-5-6-7-8-9-11-19-16-27-24(28-17-19)20-12-14-21(15-13-20)29-18-23(26)22(25)10-4-2/h12-17,22-23H,3-11,18H2,1-2H3/t22-,23-/m0/s1. The van der Waals surface area contributed by atoms with Gasteiger partial charge in [0.15, 0.2) is 12.0 Å². The molecule has 0 aliphatic rings. The molecule has 0 saturated heterocycles. The van der Waals surface area contributed by atoms with Crippen LogP contribution in [0.5, 0.6) is 5.75 Å². The van der Waals surface area contributed by atoms with E-state index < -0.39 is 12.3 Å². The highest BCUT2D eigenvalue weighted by atomic mass is 19.2. The SMILES string of the molecule is CCCCCCCCc1cnc(-c2ccc(OC[C@H](F)[C@@H](F)CCC)cc2)nc1. The number of unbranched alkanes of at least 4 members (excludes halogenated alkanes) is 5. The van der Waals surface area contributed by atoms with Gasteiger partial charge in [0.1, 0.15) is 18.5 Å². The lowest BCUT2D eigenvalue weighted by atomic mass is 10.1. The van der Waals surface area contributed by atoms with Crippen molar-refractivity contribution < 1.29 is 13.5 Å². The van der Waals surface area contributed by atoms with Crippen LogP contribution in [0.4, 0.5) is 8.78 Å². The number of aryl methyl sites for hydroxylation is 1. The molecule has 3 nitrogen and oxygen atoms in total. The Hall–Kier alpha value is -2.04. The van der Waals surface area contributed by atoms with Crippen LogP contribution in [-0.4, -0.2) is 28.9 Å². The molecule has 0 N–H and O–H groups in total. The normalized spacial score (nSPS) is 13.2. The molecule has 0 aliphatic carbocycles. The lowest BCUT2D eigenvalue weighted by Crippen LogP contribution is -2.24. The van der Waals surface area contributed by atoms with Crippen LogP contribution in [0.2, 0.25) is 0 Å². The predicted molar refractivity (Wildman–Crippen MR) is 115 cm³/mol. The number of rotatable bonds is 14. The molecular formula is C24H34F2N2O. The highest BCUT2D eigenvalue weighted by Gasteiger charge is 2.20. The van der Waals surface area contributed by atoms with Crippen molar-refractivity contribution in [3.8, 4) is 17.1 Å². The first-order valence-electron chi connectivity index (χ1n) is 11.0. The summed E-state index contributed by atoms with van der Waals surface area (Å²) in [5, 5.41) is 0. The smallest absolute Gasteiger partial charge is 0.165 e. The molecule has 2 rings (SSSR count). The molecule has 0 amide bonds. The molecular weight excluding hydrogens is 370 g/mol. The zero-order valence-corrected chi connectivity index (χ0v) is 17.7. The number of ether oxygens (including phenoxy) is 1. The summed E-state index contributed by atoms with van der Waals surface area (Å²) < 4.78 is 32.6. The number of alkyl halides is 2. The number of aromatic nitrogens is 2. The minimum Gasteiger partial charge on any atom is -0.490 e. The van der Waals surface area contributed by atoms with E-state index in [-0.39, 0.29) is 13.0 Å². The van der Waals surface area contributed by atoms with Gasteiger partial charge in [-0.25, -0.2) is 18.7 Å². The van der Waals surface area contributed by atoms with Crippen molar-refractivity contribution in [3.63, 3.8) is 0 Å². The molecule has 29 heavy (non-hydrogen) atoms. The van der Waals surface area contributed by atoms with Crippen LogP contribution in [0.25, 0.3) is 11.4 Å². The maximum absolute atomic E-state index is 13.7. The van der Waals surface area contributed by atoms with Crippen molar-refractivity contribution in [1.29, 1.82) is 0 Å². The highest BCUT2D eigenvalue weighted by molar-refractivity contribution is 5.55. The first-order chi connectivity index (χ1) is 14.1. The third kappa shape index (κ3) is 8.46. The maximum atomic E-state index is 13.7. The van der Waals surface area contributed by atoms with Gasteiger partial charge in [0, 0.05) is 18.0 Å². The Labute approximate surface area is 173 Å². The Kier molecular flexibility index (Phi) is 10.6. The van der Waals surface area contributed by atoms with E-state index in [1.54, 1.807) is 12.1 Å². The summed E-state index contributed by atoms with van der Waals surface area (Å²) in [5.41, 5.74) is 2.03. The average molecular weight is 405 g/mol. The van der Waals surface area contributed by atoms with Crippen molar-refractivity contribution >= 4 is 0 Å². The molecule has 1 aromatic heterocycles. The monoisotopic (exact) mass is 404 g/mol. The van der Waals surface area contributed by atoms with Crippen molar-refractivity contribution in [1.82, 2.24) is 9.97 Å². The second-order valence-corrected chi connectivity index (χ2v) is 7.59. The Morgan fingerprint density at radius 2 is 1.48 bits per heavy atom. The van der Waals surface area contributed by atoms with Gasteiger partial charge in [-0.3, -0.25) is 0 Å². The molecule has 0 unspecified atom stereocenters. The molecule has 0 spiro atoms. The summed E-state index contributed by atoms with van der Waals surface area (Å²) in [6.07, 6.45) is 10.2. The van der Waals surface area contributed by atoms with Crippen LogP contribution >= 0.6 is 0 Å². The molecule has 2 aromatic rings. The van der Waals surface area contributed by atoms with Gasteiger partial charge >= 0.3 is 0 Å². The summed E-state index contributed by atoms with van der Waals surface area (Å²) >= 11 is 0. The van der Waals surface area contributed by atoms with Crippen LogP contribution in [0.15, 0.2) is 36.7 Å². The number of nitrogens with zero attached hydrogens (tertiary/aromatic N) is 2. The molecule has 0 fully saturated rings. The van der Waals surface area contributed by atoms with Gasteiger partial charge in [0.2, 0.25) is 0 Å². The zero-order valence-electron chi connectivity index (χ0n) is 17.7. The third-order valence-electron chi connectivity index (χ3n) is 5.00. The van der Waals surface area contributed by atoms with Crippen LogP contribution < -0.4 is 4.74 Å². The first kappa shape index (κ1) is 23.2. The van der Waals surface area contributed by atoms with Gasteiger partial charge in [-0.1, -0.05) is 52.4 Å². The summed E-state index contributed by atoms with van der Waals surface area (Å²) in [4.78, 5) is 8.93. The predicted octanol–water partition coefficient (Wildman–Crippen LogP) is 6.90. The highest BCUT2D eigenvalue weighted by Crippen LogP contribution is 2.21. The van der Waals surface area contributed by atoms with Crippen molar-refractivity contribution in [2.45, 2.75) is 84.0 Å². The van der Waals surface area contributed by atoms with E-state index in [0.717, 1.165) is 17.5 Å². The quantitative estimate of drug-likeness (QED) is 0.321. The molecule has 0 aliphatic heterocycles. The largest absolute Gasteiger partial charge is 0.490 e. The third-order valence-corrected chi connectivity index (χ3v) is 5.00. The van der Waals surface area contributed by atoms with Gasteiger partial charge < -0.3 is 4.74 Å². The van der Waals surface area contributed by atoms with Gasteiger partial charge in [0.05, 0.1) is 0 Å².